The van der Waals surface area contributed by atoms with E-state index in [0.717, 1.165) is 0 Å². The second-order valence-electron chi connectivity index (χ2n) is 7.19. The van der Waals surface area contributed by atoms with Crippen molar-refractivity contribution in [2.24, 2.45) is 5.73 Å². The number of nitro benzene ring substituents is 1. The Morgan fingerprint density at radius 2 is 1.74 bits per heavy atom. The average molecular weight is 493 g/mol. The van der Waals surface area contributed by atoms with Crippen LogP contribution in [0.3, 0.4) is 0 Å². The molecule has 0 aliphatic heterocycles. The molecule has 0 bridgehead atoms. The minimum Gasteiger partial charge on any atom is -0.496 e. The van der Waals surface area contributed by atoms with Crippen molar-refractivity contribution in [2.45, 2.75) is 32.5 Å². The topological polar surface area (TPSA) is 160 Å². The summed E-state index contributed by atoms with van der Waals surface area (Å²) >= 11 is 0. The Bertz CT molecular complexity index is 1060. The van der Waals surface area contributed by atoms with Gasteiger partial charge in [0.15, 0.2) is 0 Å². The number of nitrogens with one attached hydrogen (secondary N) is 1. The fourth-order valence-electron chi connectivity index (χ4n) is 3.23. The molecule has 0 fully saturated rings. The van der Waals surface area contributed by atoms with Crippen LogP contribution in [0.2, 0.25) is 0 Å². The molecule has 2 amide bonds. The van der Waals surface area contributed by atoms with Gasteiger partial charge in [-0.2, -0.15) is 0 Å². The summed E-state index contributed by atoms with van der Waals surface area (Å²) < 4.78 is 28.5. The minimum atomic E-state index is -3.30. The molecule has 0 aliphatic carbocycles. The summed E-state index contributed by atoms with van der Waals surface area (Å²) in [5.74, 6) is -1.06. The monoisotopic (exact) mass is 493 g/mol. The largest absolute Gasteiger partial charge is 0.496 e. The summed E-state index contributed by atoms with van der Waals surface area (Å²) in [4.78, 5) is 35.2. The Balaban J connectivity index is 2.16. The third-order valence-corrected chi connectivity index (χ3v) is 6.85. The van der Waals surface area contributed by atoms with Crippen LogP contribution in [-0.2, 0) is 31.0 Å². The van der Waals surface area contributed by atoms with Gasteiger partial charge in [0, 0.05) is 29.7 Å². The number of carbonyl (C=O) groups is 2. The molecule has 184 valence electrons. The molecule has 12 heteroatoms. The normalized spacial score (nSPS) is 12.1. The number of nitro groups is 1. The number of hydrogen-bond donors (Lipinski definition) is 2. The Hall–Kier alpha value is -3.27. The zero-order chi connectivity index (χ0) is 25.3. The molecular weight excluding hydrogens is 465 g/mol. The zero-order valence-corrected chi connectivity index (χ0v) is 20.1. The second-order valence-corrected chi connectivity index (χ2v) is 9.24. The number of ether oxygens (including phenoxy) is 1. The van der Waals surface area contributed by atoms with Crippen molar-refractivity contribution in [3.63, 3.8) is 0 Å². The van der Waals surface area contributed by atoms with Gasteiger partial charge >= 0.3 is 7.60 Å². The van der Waals surface area contributed by atoms with E-state index in [-0.39, 0.29) is 37.0 Å². The van der Waals surface area contributed by atoms with Crippen LogP contribution in [0.25, 0.3) is 0 Å². The zero-order valence-electron chi connectivity index (χ0n) is 19.2. The lowest BCUT2D eigenvalue weighted by Gasteiger charge is -2.18. The van der Waals surface area contributed by atoms with Crippen molar-refractivity contribution in [1.82, 2.24) is 5.32 Å². The van der Waals surface area contributed by atoms with E-state index < -0.39 is 30.4 Å². The standard InChI is InChI=1S/C22H28N3O8P/c1-4-32-34(30,33-5-2)14-15-6-8-16(9-7-15)22(27)24-19(21(23)26)13-17-12-18(25(28)29)10-11-20(17)31-3/h6-12,19H,4-5,13-14H2,1-3H3,(H2,23,26)(H,24,27)/t19-/m1/s1. The van der Waals surface area contributed by atoms with Crippen molar-refractivity contribution in [1.29, 1.82) is 0 Å². The third kappa shape index (κ3) is 7.38. The molecule has 0 spiro atoms. The van der Waals surface area contributed by atoms with Crippen LogP contribution >= 0.6 is 7.60 Å². The number of nitrogens with two attached hydrogens (primary N) is 1. The first kappa shape index (κ1) is 27.0. The molecule has 3 N–H and O–H groups in total. The molecule has 0 saturated heterocycles. The molecule has 0 heterocycles. The van der Waals surface area contributed by atoms with Crippen LogP contribution in [0.4, 0.5) is 5.69 Å². The van der Waals surface area contributed by atoms with Gasteiger partial charge in [-0.05, 0) is 37.6 Å². The van der Waals surface area contributed by atoms with E-state index in [1.165, 1.54) is 37.4 Å². The van der Waals surface area contributed by atoms with Crippen molar-refractivity contribution in [3.05, 3.63) is 69.3 Å². The number of primary amides is 1. The van der Waals surface area contributed by atoms with Gasteiger partial charge in [-0.1, -0.05) is 12.1 Å². The van der Waals surface area contributed by atoms with Crippen LogP contribution in [0, 0.1) is 10.1 Å². The van der Waals surface area contributed by atoms with E-state index in [0.29, 0.717) is 16.9 Å². The van der Waals surface area contributed by atoms with Gasteiger partial charge in [0.05, 0.1) is 31.4 Å². The van der Waals surface area contributed by atoms with E-state index in [1.54, 1.807) is 26.0 Å². The van der Waals surface area contributed by atoms with Gasteiger partial charge in [0.2, 0.25) is 5.91 Å². The highest BCUT2D eigenvalue weighted by molar-refractivity contribution is 7.53. The molecule has 34 heavy (non-hydrogen) atoms. The van der Waals surface area contributed by atoms with Gasteiger partial charge in [-0.3, -0.25) is 24.3 Å². The smallest absolute Gasteiger partial charge is 0.335 e. The van der Waals surface area contributed by atoms with E-state index in [1.807, 2.05) is 0 Å². The lowest BCUT2D eigenvalue weighted by atomic mass is 10.0. The number of methoxy groups -OCH3 is 1. The number of benzene rings is 2. The van der Waals surface area contributed by atoms with Crippen LogP contribution in [-0.4, -0.2) is 43.1 Å². The SMILES string of the molecule is CCOP(=O)(Cc1ccc(C(=O)N[C@H](Cc2cc([N+](=O)[O-])ccc2OC)C(N)=O)cc1)OCC. The number of nitrogens with zero attached hydrogens (tertiary/aromatic N) is 1. The predicted molar refractivity (Wildman–Crippen MR) is 125 cm³/mol. The molecule has 0 radical (unpaired) electrons. The first-order valence-electron chi connectivity index (χ1n) is 10.5. The summed E-state index contributed by atoms with van der Waals surface area (Å²) in [7, 11) is -1.91. The Kier molecular flexibility index (Phi) is 9.73. The fraction of sp³-hybridized carbons (Fsp3) is 0.364. The molecule has 0 aliphatic rings. The highest BCUT2D eigenvalue weighted by atomic mass is 31.2. The summed E-state index contributed by atoms with van der Waals surface area (Å²) in [6.07, 6.45) is -0.0526. The molecule has 2 aromatic carbocycles. The fourth-order valence-corrected chi connectivity index (χ4v) is 4.93. The van der Waals surface area contributed by atoms with Gasteiger partial charge in [0.1, 0.15) is 11.8 Å². The average Bonchev–Trinajstić information content (AvgIpc) is 2.79. The molecule has 0 saturated carbocycles. The van der Waals surface area contributed by atoms with Crippen LogP contribution in [0.15, 0.2) is 42.5 Å². The van der Waals surface area contributed by atoms with Gasteiger partial charge in [-0.25, -0.2) is 0 Å². The lowest BCUT2D eigenvalue weighted by molar-refractivity contribution is -0.384. The van der Waals surface area contributed by atoms with Crippen molar-refractivity contribution in [2.75, 3.05) is 20.3 Å². The minimum absolute atomic E-state index is 0.0487. The van der Waals surface area contributed by atoms with E-state index in [4.69, 9.17) is 19.5 Å². The summed E-state index contributed by atoms with van der Waals surface area (Å²) in [6.45, 7) is 3.91. The number of carbonyl (C=O) groups excluding carboxylic acids is 2. The van der Waals surface area contributed by atoms with Gasteiger partial charge < -0.3 is 24.8 Å². The van der Waals surface area contributed by atoms with Crippen molar-refractivity contribution in [3.8, 4) is 5.75 Å². The Labute approximate surface area is 197 Å². The molecule has 2 aromatic rings. The molecule has 0 aromatic heterocycles. The molecular formula is C22H28N3O8P. The Morgan fingerprint density at radius 3 is 2.24 bits per heavy atom. The van der Waals surface area contributed by atoms with E-state index >= 15 is 0 Å². The third-order valence-electron chi connectivity index (χ3n) is 4.79. The van der Waals surface area contributed by atoms with Crippen LogP contribution in [0.5, 0.6) is 5.75 Å². The highest BCUT2D eigenvalue weighted by Gasteiger charge is 2.25. The van der Waals surface area contributed by atoms with Crippen molar-refractivity contribution >= 4 is 25.1 Å². The van der Waals surface area contributed by atoms with Crippen molar-refractivity contribution < 1.29 is 32.9 Å². The highest BCUT2D eigenvalue weighted by Crippen LogP contribution is 2.51. The summed E-state index contributed by atoms with van der Waals surface area (Å²) in [6, 6.07) is 9.07. The first-order valence-corrected chi connectivity index (χ1v) is 12.2. The lowest BCUT2D eigenvalue weighted by Crippen LogP contribution is -2.45. The maximum atomic E-state index is 12.7. The number of rotatable bonds is 13. The quantitative estimate of drug-likeness (QED) is 0.244. The maximum Gasteiger partial charge on any atom is 0.335 e. The Morgan fingerprint density at radius 1 is 1.12 bits per heavy atom. The first-order chi connectivity index (χ1) is 16.1. The number of amides is 2. The van der Waals surface area contributed by atoms with Crippen LogP contribution < -0.4 is 15.8 Å². The van der Waals surface area contributed by atoms with E-state index in [9.17, 15) is 24.3 Å². The summed E-state index contributed by atoms with van der Waals surface area (Å²) in [5, 5.41) is 13.6. The molecule has 2 rings (SSSR count). The van der Waals surface area contributed by atoms with E-state index in [2.05, 4.69) is 5.32 Å². The predicted octanol–water partition coefficient (Wildman–Crippen LogP) is 3.20. The van der Waals surface area contributed by atoms with Gasteiger partial charge in [-0.15, -0.1) is 0 Å². The molecule has 1 atom stereocenters. The summed E-state index contributed by atoms with van der Waals surface area (Å²) in [5.41, 5.74) is 6.51. The second kappa shape index (κ2) is 12.3. The number of non-ortho nitro benzene ring substituents is 1. The maximum absolute atomic E-state index is 12.7. The van der Waals surface area contributed by atoms with Crippen LogP contribution in [0.1, 0.15) is 35.3 Å². The molecule has 0 unspecified atom stereocenters. The molecule has 11 nitrogen and oxygen atoms in total. The number of hydrogen-bond acceptors (Lipinski definition) is 8. The van der Waals surface area contributed by atoms with Gasteiger partial charge in [0.25, 0.3) is 11.6 Å².